The molecule has 0 spiro atoms. The summed E-state index contributed by atoms with van der Waals surface area (Å²) in [5, 5.41) is 8.84. The quantitative estimate of drug-likeness (QED) is 0.603. The number of Topliss-reactive ketones (excluding diaryl/α,β-unsaturated/α-hetero) is 1. The number of hydrogen-bond acceptors (Lipinski definition) is 3. The SMILES string of the molecule is O=C1CC2COCC(C1F)N2C(=O)O. The molecule has 6 heteroatoms. The molecule has 2 rings (SSSR count). The Morgan fingerprint density at radius 2 is 2.29 bits per heavy atom. The number of fused-ring (bicyclic) bond motifs is 2. The first-order chi connectivity index (χ1) is 6.61. The Labute approximate surface area is 79.4 Å². The molecule has 2 bridgehead atoms. The third-order valence-corrected chi connectivity index (χ3v) is 2.65. The Morgan fingerprint density at radius 1 is 1.57 bits per heavy atom. The number of ketones is 1. The van der Waals surface area contributed by atoms with Crippen LogP contribution in [-0.2, 0) is 9.53 Å². The van der Waals surface area contributed by atoms with E-state index in [2.05, 4.69) is 0 Å². The highest BCUT2D eigenvalue weighted by Crippen LogP contribution is 2.27. The van der Waals surface area contributed by atoms with Crippen molar-refractivity contribution in [3.63, 3.8) is 0 Å². The second kappa shape index (κ2) is 3.20. The molecule has 0 saturated carbocycles. The lowest BCUT2D eigenvalue weighted by Gasteiger charge is -2.44. The number of amides is 1. The summed E-state index contributed by atoms with van der Waals surface area (Å²) in [7, 11) is 0. The van der Waals surface area contributed by atoms with Crippen LogP contribution in [0, 0.1) is 0 Å². The van der Waals surface area contributed by atoms with E-state index < -0.39 is 30.1 Å². The number of halogens is 1. The highest BCUT2D eigenvalue weighted by molar-refractivity contribution is 5.87. The van der Waals surface area contributed by atoms with Gasteiger partial charge in [0.1, 0.15) is 0 Å². The first kappa shape index (κ1) is 9.39. The van der Waals surface area contributed by atoms with Crippen LogP contribution >= 0.6 is 0 Å². The maximum absolute atomic E-state index is 13.3. The number of carboxylic acid groups (broad SMARTS) is 1. The minimum atomic E-state index is -1.73. The van der Waals surface area contributed by atoms with Gasteiger partial charge < -0.3 is 9.84 Å². The van der Waals surface area contributed by atoms with Crippen molar-refractivity contribution in [3.05, 3.63) is 0 Å². The van der Waals surface area contributed by atoms with E-state index in [9.17, 15) is 14.0 Å². The number of rotatable bonds is 0. The molecule has 3 atom stereocenters. The van der Waals surface area contributed by atoms with E-state index in [1.807, 2.05) is 0 Å². The molecule has 2 saturated heterocycles. The second-order valence-corrected chi connectivity index (χ2v) is 3.52. The van der Waals surface area contributed by atoms with Gasteiger partial charge in [0.15, 0.2) is 12.0 Å². The average Bonchev–Trinajstić information content (AvgIpc) is 2.14. The number of carbonyl (C=O) groups is 2. The number of morpholine rings is 1. The van der Waals surface area contributed by atoms with Crippen LogP contribution in [0.4, 0.5) is 9.18 Å². The highest BCUT2D eigenvalue weighted by atomic mass is 19.1. The molecule has 2 fully saturated rings. The van der Waals surface area contributed by atoms with Gasteiger partial charge in [0, 0.05) is 6.42 Å². The molecule has 14 heavy (non-hydrogen) atoms. The smallest absolute Gasteiger partial charge is 0.408 e. The number of hydrogen-bond donors (Lipinski definition) is 1. The third-order valence-electron chi connectivity index (χ3n) is 2.65. The first-order valence-electron chi connectivity index (χ1n) is 4.37. The molecule has 2 aliphatic rings. The van der Waals surface area contributed by atoms with E-state index in [-0.39, 0.29) is 19.6 Å². The van der Waals surface area contributed by atoms with Crippen molar-refractivity contribution >= 4 is 11.9 Å². The minimum absolute atomic E-state index is 0.0320. The molecule has 1 amide bonds. The number of alkyl halides is 1. The van der Waals surface area contributed by atoms with E-state index >= 15 is 0 Å². The van der Waals surface area contributed by atoms with Gasteiger partial charge in [-0.1, -0.05) is 0 Å². The molecule has 1 N–H and O–H groups in total. The summed E-state index contributed by atoms with van der Waals surface area (Å²) in [6.07, 6.45) is -3.00. The fraction of sp³-hybridized carbons (Fsp3) is 0.750. The van der Waals surface area contributed by atoms with E-state index in [1.54, 1.807) is 0 Å². The lowest BCUT2D eigenvalue weighted by molar-refractivity contribution is -0.143. The zero-order valence-electron chi connectivity index (χ0n) is 7.35. The Kier molecular flexibility index (Phi) is 2.14. The molecule has 0 aromatic heterocycles. The van der Waals surface area contributed by atoms with Gasteiger partial charge in [-0.25, -0.2) is 9.18 Å². The van der Waals surface area contributed by atoms with Crippen LogP contribution in [0.1, 0.15) is 6.42 Å². The lowest BCUT2D eigenvalue weighted by atomic mass is 9.92. The lowest BCUT2D eigenvalue weighted by Crippen LogP contribution is -2.64. The summed E-state index contributed by atoms with van der Waals surface area (Å²) in [6, 6.07) is -1.46. The topological polar surface area (TPSA) is 66.8 Å². The largest absolute Gasteiger partial charge is 0.465 e. The summed E-state index contributed by atoms with van der Waals surface area (Å²) in [5.41, 5.74) is 0. The predicted molar refractivity (Wildman–Crippen MR) is 42.8 cm³/mol. The summed E-state index contributed by atoms with van der Waals surface area (Å²) >= 11 is 0. The van der Waals surface area contributed by atoms with Crippen LogP contribution < -0.4 is 0 Å². The van der Waals surface area contributed by atoms with Crippen LogP contribution in [0.15, 0.2) is 0 Å². The molecule has 0 aromatic rings. The molecule has 2 aliphatic heterocycles. The summed E-state index contributed by atoms with van der Waals surface area (Å²) in [6.45, 7) is 0.150. The number of piperidine rings is 1. The highest BCUT2D eigenvalue weighted by Gasteiger charge is 2.47. The summed E-state index contributed by atoms with van der Waals surface area (Å²) in [4.78, 5) is 22.9. The van der Waals surface area contributed by atoms with Gasteiger partial charge in [-0.05, 0) is 0 Å². The van der Waals surface area contributed by atoms with E-state index in [1.165, 1.54) is 0 Å². The van der Waals surface area contributed by atoms with Crippen molar-refractivity contribution in [1.82, 2.24) is 4.90 Å². The zero-order valence-corrected chi connectivity index (χ0v) is 7.35. The summed E-state index contributed by atoms with van der Waals surface area (Å²) in [5.74, 6) is -0.513. The Hall–Kier alpha value is -1.17. The normalized spacial score (nSPS) is 37.1. The Bertz CT molecular complexity index is 283. The minimum Gasteiger partial charge on any atom is -0.465 e. The maximum Gasteiger partial charge on any atom is 0.408 e. The van der Waals surface area contributed by atoms with E-state index in [4.69, 9.17) is 9.84 Å². The van der Waals surface area contributed by atoms with Crippen molar-refractivity contribution < 1.29 is 23.8 Å². The fourth-order valence-corrected chi connectivity index (χ4v) is 2.00. The molecular formula is C8H10FNO4. The van der Waals surface area contributed by atoms with Crippen LogP contribution in [0.5, 0.6) is 0 Å². The molecule has 0 radical (unpaired) electrons. The number of nitrogens with zero attached hydrogens (tertiary/aromatic N) is 1. The molecule has 0 aromatic carbocycles. The molecule has 2 heterocycles. The van der Waals surface area contributed by atoms with Crippen molar-refractivity contribution in [2.24, 2.45) is 0 Å². The van der Waals surface area contributed by atoms with Gasteiger partial charge >= 0.3 is 6.09 Å². The van der Waals surface area contributed by atoms with Gasteiger partial charge in [-0.3, -0.25) is 9.69 Å². The molecular weight excluding hydrogens is 193 g/mol. The molecule has 3 unspecified atom stereocenters. The fourth-order valence-electron chi connectivity index (χ4n) is 2.00. The van der Waals surface area contributed by atoms with Crippen LogP contribution in [0.2, 0.25) is 0 Å². The van der Waals surface area contributed by atoms with Gasteiger partial charge in [0.05, 0.1) is 25.3 Å². The molecule has 78 valence electrons. The van der Waals surface area contributed by atoms with Crippen molar-refractivity contribution in [3.8, 4) is 0 Å². The van der Waals surface area contributed by atoms with Crippen LogP contribution in [-0.4, -0.2) is 53.4 Å². The zero-order chi connectivity index (χ0) is 10.3. The first-order valence-corrected chi connectivity index (χ1v) is 4.37. The Morgan fingerprint density at radius 3 is 2.93 bits per heavy atom. The molecule has 5 nitrogen and oxygen atoms in total. The molecule has 0 aliphatic carbocycles. The Balaban J connectivity index is 2.26. The maximum atomic E-state index is 13.3. The summed E-state index contributed by atoms with van der Waals surface area (Å²) < 4.78 is 18.4. The van der Waals surface area contributed by atoms with Gasteiger partial charge in [0.25, 0.3) is 0 Å². The van der Waals surface area contributed by atoms with Crippen molar-refractivity contribution in [1.29, 1.82) is 0 Å². The third kappa shape index (κ3) is 1.26. The van der Waals surface area contributed by atoms with Crippen LogP contribution in [0.25, 0.3) is 0 Å². The van der Waals surface area contributed by atoms with Gasteiger partial charge in [0.2, 0.25) is 0 Å². The number of ether oxygens (including phenoxy) is 1. The van der Waals surface area contributed by atoms with Crippen molar-refractivity contribution in [2.45, 2.75) is 24.7 Å². The number of carbonyl (C=O) groups excluding carboxylic acids is 1. The van der Waals surface area contributed by atoms with Gasteiger partial charge in [-0.15, -0.1) is 0 Å². The van der Waals surface area contributed by atoms with Crippen molar-refractivity contribution in [2.75, 3.05) is 13.2 Å². The van der Waals surface area contributed by atoms with E-state index in [0.29, 0.717) is 0 Å². The second-order valence-electron chi connectivity index (χ2n) is 3.52. The van der Waals surface area contributed by atoms with Gasteiger partial charge in [-0.2, -0.15) is 0 Å². The average molecular weight is 203 g/mol. The van der Waals surface area contributed by atoms with Crippen LogP contribution in [0.3, 0.4) is 0 Å². The standard InChI is InChI=1S/C8H10FNO4/c9-7-5-3-14-2-4(1-6(7)11)10(5)8(12)13/h4-5,7H,1-3H2,(H,12,13). The monoisotopic (exact) mass is 203 g/mol. The predicted octanol–water partition coefficient (Wildman–Crippen LogP) is 0.0447. The van der Waals surface area contributed by atoms with E-state index in [0.717, 1.165) is 4.90 Å².